The van der Waals surface area contributed by atoms with Gasteiger partial charge in [-0.3, -0.25) is 4.90 Å². The quantitative estimate of drug-likeness (QED) is 0.685. The van der Waals surface area contributed by atoms with E-state index in [-0.39, 0.29) is 43.6 Å². The van der Waals surface area contributed by atoms with Crippen LogP contribution in [0.5, 0.6) is 0 Å². The molecule has 134 valence electrons. The molecule has 2 saturated heterocycles. The highest BCUT2D eigenvalue weighted by atomic mass is 35.5. The van der Waals surface area contributed by atoms with Crippen molar-refractivity contribution in [2.24, 2.45) is 5.92 Å². The molecule has 0 aromatic rings. The summed E-state index contributed by atoms with van der Waals surface area (Å²) >= 11 is 0. The molecule has 2 aliphatic heterocycles. The molecule has 22 heavy (non-hydrogen) atoms. The van der Waals surface area contributed by atoms with Crippen LogP contribution in [0.1, 0.15) is 33.6 Å². The van der Waals surface area contributed by atoms with Crippen LogP contribution in [0, 0.1) is 5.92 Å². The van der Waals surface area contributed by atoms with Crippen LogP contribution in [0.25, 0.3) is 0 Å². The van der Waals surface area contributed by atoms with Gasteiger partial charge in [0.2, 0.25) is 0 Å². The number of piperidine rings is 1. The molecular formula is C15H32Cl2N2O3. The normalized spacial score (nSPS) is 33.5. The summed E-state index contributed by atoms with van der Waals surface area (Å²) in [5.74, 6) is 0.770. The van der Waals surface area contributed by atoms with Crippen LogP contribution in [0.2, 0.25) is 0 Å². The van der Waals surface area contributed by atoms with Crippen LogP contribution in [0.3, 0.4) is 0 Å². The van der Waals surface area contributed by atoms with Gasteiger partial charge in [-0.25, -0.2) is 0 Å². The van der Waals surface area contributed by atoms with E-state index in [1.807, 2.05) is 0 Å². The van der Waals surface area contributed by atoms with E-state index in [2.05, 4.69) is 31.0 Å². The third-order valence-corrected chi connectivity index (χ3v) is 4.61. The Kier molecular flexibility index (Phi) is 10.5. The number of likely N-dealkylation sites (tertiary alicyclic amines) is 1. The van der Waals surface area contributed by atoms with E-state index in [1.165, 1.54) is 12.8 Å². The molecule has 2 aliphatic rings. The lowest BCUT2D eigenvalue weighted by Gasteiger charge is -2.38. The van der Waals surface area contributed by atoms with E-state index in [0.717, 1.165) is 25.6 Å². The molecule has 0 spiro atoms. The van der Waals surface area contributed by atoms with Gasteiger partial charge in [0.25, 0.3) is 0 Å². The first-order chi connectivity index (χ1) is 9.52. The molecule has 0 unspecified atom stereocenters. The second-order valence-corrected chi connectivity index (χ2v) is 6.66. The predicted octanol–water partition coefficient (Wildman–Crippen LogP) is 1.05. The van der Waals surface area contributed by atoms with Gasteiger partial charge in [0.15, 0.2) is 0 Å². The monoisotopic (exact) mass is 358 g/mol. The number of rotatable bonds is 5. The molecular weight excluding hydrogens is 327 g/mol. The molecule has 0 radical (unpaired) electrons. The molecule has 0 bridgehead atoms. The molecule has 0 saturated carbocycles. The van der Waals surface area contributed by atoms with Crippen molar-refractivity contribution in [3.05, 3.63) is 0 Å². The molecule has 2 fully saturated rings. The summed E-state index contributed by atoms with van der Waals surface area (Å²) in [4.78, 5) is 2.35. The average molecular weight is 359 g/mol. The fourth-order valence-electron chi connectivity index (χ4n) is 3.27. The summed E-state index contributed by atoms with van der Waals surface area (Å²) in [5, 5.41) is 23.2. The van der Waals surface area contributed by atoms with Gasteiger partial charge >= 0.3 is 0 Å². The Labute approximate surface area is 146 Å². The van der Waals surface area contributed by atoms with Crippen molar-refractivity contribution in [1.82, 2.24) is 10.2 Å². The summed E-state index contributed by atoms with van der Waals surface area (Å²) < 4.78 is 5.86. The first-order valence-electron chi connectivity index (χ1n) is 7.94. The maximum absolute atomic E-state index is 10.4. The van der Waals surface area contributed by atoms with Gasteiger partial charge in [-0.05, 0) is 31.8 Å². The van der Waals surface area contributed by atoms with Gasteiger partial charge in [-0.15, -0.1) is 24.8 Å². The third kappa shape index (κ3) is 5.48. The van der Waals surface area contributed by atoms with Crippen LogP contribution >= 0.6 is 24.8 Å². The van der Waals surface area contributed by atoms with E-state index in [4.69, 9.17) is 4.74 Å². The van der Waals surface area contributed by atoms with Crippen molar-refractivity contribution < 1.29 is 14.9 Å². The minimum atomic E-state index is -0.590. The highest BCUT2D eigenvalue weighted by molar-refractivity contribution is 5.85. The molecule has 0 amide bonds. The highest BCUT2D eigenvalue weighted by Crippen LogP contribution is 2.29. The van der Waals surface area contributed by atoms with Crippen molar-refractivity contribution in [2.75, 3.05) is 26.2 Å². The topological polar surface area (TPSA) is 65.0 Å². The second kappa shape index (κ2) is 10.3. The number of hydrogen-bond donors (Lipinski definition) is 3. The van der Waals surface area contributed by atoms with Gasteiger partial charge in [-0.2, -0.15) is 0 Å². The fourth-order valence-corrected chi connectivity index (χ4v) is 3.27. The minimum absolute atomic E-state index is 0. The average Bonchev–Trinajstić information content (AvgIpc) is 2.74. The standard InChI is InChI=1S/C15H30N2O3.2ClH/c1-10(2)16-8-12-14(15(19)13(9-18)20-12)17-6-4-11(3)5-7-17;;/h10-16,18-19H,4-9H2,1-3H3;2*1H/t12-,13+,14+,15-;;/m1../s1. The summed E-state index contributed by atoms with van der Waals surface area (Å²) in [6.45, 7) is 9.14. The maximum Gasteiger partial charge on any atom is 0.109 e. The molecule has 5 nitrogen and oxygen atoms in total. The predicted molar refractivity (Wildman–Crippen MR) is 93.1 cm³/mol. The van der Waals surface area contributed by atoms with E-state index >= 15 is 0 Å². The summed E-state index contributed by atoms with van der Waals surface area (Å²) in [6, 6.07) is 0.400. The van der Waals surface area contributed by atoms with Crippen LogP contribution in [0.4, 0.5) is 0 Å². The zero-order valence-corrected chi connectivity index (χ0v) is 15.4. The zero-order chi connectivity index (χ0) is 14.7. The molecule has 2 rings (SSSR count). The number of aliphatic hydroxyl groups is 2. The van der Waals surface area contributed by atoms with E-state index in [0.29, 0.717) is 6.04 Å². The molecule has 4 atom stereocenters. The molecule has 2 heterocycles. The lowest BCUT2D eigenvalue weighted by atomic mass is 9.94. The number of nitrogens with one attached hydrogen (secondary N) is 1. The number of aliphatic hydroxyl groups excluding tert-OH is 2. The minimum Gasteiger partial charge on any atom is -0.394 e. The van der Waals surface area contributed by atoms with E-state index in [1.54, 1.807) is 0 Å². The first-order valence-corrected chi connectivity index (χ1v) is 7.94. The Balaban J connectivity index is 0.00000220. The fraction of sp³-hybridized carbons (Fsp3) is 1.00. The number of nitrogens with zero attached hydrogens (tertiary/aromatic N) is 1. The molecule has 7 heteroatoms. The number of hydrogen-bond acceptors (Lipinski definition) is 5. The Morgan fingerprint density at radius 3 is 2.27 bits per heavy atom. The molecule has 0 aromatic heterocycles. The summed E-state index contributed by atoms with van der Waals surface area (Å²) in [7, 11) is 0. The smallest absolute Gasteiger partial charge is 0.109 e. The SMILES string of the molecule is CC1CCN([C@@H]2[C@H](O)[C@H](CO)O[C@@H]2CNC(C)C)CC1.Cl.Cl. The van der Waals surface area contributed by atoms with Gasteiger partial charge in [-0.1, -0.05) is 20.8 Å². The van der Waals surface area contributed by atoms with Crippen LogP contribution in [-0.4, -0.2) is 71.7 Å². The number of ether oxygens (including phenoxy) is 1. The molecule has 0 aliphatic carbocycles. The third-order valence-electron chi connectivity index (χ3n) is 4.61. The lowest BCUT2D eigenvalue weighted by Crippen LogP contribution is -2.53. The second-order valence-electron chi connectivity index (χ2n) is 6.66. The maximum atomic E-state index is 10.4. The first kappa shape index (κ1) is 22.4. The zero-order valence-electron chi connectivity index (χ0n) is 13.8. The highest BCUT2D eigenvalue weighted by Gasteiger charge is 2.46. The Morgan fingerprint density at radius 2 is 1.77 bits per heavy atom. The van der Waals surface area contributed by atoms with Gasteiger partial charge < -0.3 is 20.3 Å². The number of halogens is 2. The summed E-state index contributed by atoms with van der Waals surface area (Å²) in [5.41, 5.74) is 0. The van der Waals surface area contributed by atoms with Crippen LogP contribution in [-0.2, 0) is 4.74 Å². The Hall–Kier alpha value is 0.380. The van der Waals surface area contributed by atoms with Gasteiger partial charge in [0.05, 0.1) is 18.8 Å². The molecule has 0 aromatic carbocycles. The van der Waals surface area contributed by atoms with Crippen molar-refractivity contribution in [1.29, 1.82) is 0 Å². The largest absolute Gasteiger partial charge is 0.394 e. The van der Waals surface area contributed by atoms with Crippen molar-refractivity contribution in [2.45, 2.75) is 64.0 Å². The van der Waals surface area contributed by atoms with Gasteiger partial charge in [0.1, 0.15) is 12.2 Å². The van der Waals surface area contributed by atoms with E-state index in [9.17, 15) is 10.2 Å². The van der Waals surface area contributed by atoms with Gasteiger partial charge in [0, 0.05) is 12.6 Å². The van der Waals surface area contributed by atoms with Crippen LogP contribution in [0.15, 0.2) is 0 Å². The van der Waals surface area contributed by atoms with E-state index < -0.39 is 12.2 Å². The molecule has 3 N–H and O–H groups in total. The van der Waals surface area contributed by atoms with Crippen molar-refractivity contribution in [3.63, 3.8) is 0 Å². The Morgan fingerprint density at radius 1 is 1.18 bits per heavy atom. The lowest BCUT2D eigenvalue weighted by molar-refractivity contribution is -0.0216. The Bertz CT molecular complexity index is 303. The van der Waals surface area contributed by atoms with Crippen LogP contribution < -0.4 is 5.32 Å². The van der Waals surface area contributed by atoms with Crippen molar-refractivity contribution in [3.8, 4) is 0 Å². The summed E-state index contributed by atoms with van der Waals surface area (Å²) in [6.07, 6.45) is 1.28. The van der Waals surface area contributed by atoms with Crippen molar-refractivity contribution >= 4 is 24.8 Å².